The summed E-state index contributed by atoms with van der Waals surface area (Å²) in [5.74, 6) is 0.348. The molecule has 0 bridgehead atoms. The van der Waals surface area contributed by atoms with Crippen molar-refractivity contribution in [2.45, 2.75) is 0 Å². The molecule has 32 heavy (non-hydrogen) atoms. The molecule has 12 heteroatoms. The minimum Gasteiger partial charge on any atom is -0.457 e. The highest BCUT2D eigenvalue weighted by atomic mass is 35.5. The molecule has 0 unspecified atom stereocenters. The summed E-state index contributed by atoms with van der Waals surface area (Å²) in [6, 6.07) is 12.8. The standard InChI is InChI=1S/C20H10ClN3O6S2/c21-16-9-13(24(28)29)5-7-15(16)17-8-6-14(30-17)10-18-19(25)22(20(31)32-18)11-1-3-12(4-2-11)23(26)27/h1-10H. The van der Waals surface area contributed by atoms with Gasteiger partial charge in [-0.25, -0.2) is 0 Å². The zero-order chi connectivity index (χ0) is 23.0. The van der Waals surface area contributed by atoms with Crippen molar-refractivity contribution in [1.82, 2.24) is 0 Å². The highest BCUT2D eigenvalue weighted by Crippen LogP contribution is 2.38. The van der Waals surface area contributed by atoms with Crippen LogP contribution in [-0.2, 0) is 4.79 Å². The van der Waals surface area contributed by atoms with Crippen LogP contribution >= 0.6 is 35.6 Å². The minimum absolute atomic E-state index is 0.0947. The van der Waals surface area contributed by atoms with E-state index in [0.717, 1.165) is 11.8 Å². The van der Waals surface area contributed by atoms with E-state index >= 15 is 0 Å². The number of amides is 1. The zero-order valence-corrected chi connectivity index (χ0v) is 18.1. The number of carbonyl (C=O) groups is 1. The van der Waals surface area contributed by atoms with E-state index < -0.39 is 9.85 Å². The first kappa shape index (κ1) is 21.7. The third kappa shape index (κ3) is 4.13. The summed E-state index contributed by atoms with van der Waals surface area (Å²) >= 11 is 12.5. The summed E-state index contributed by atoms with van der Waals surface area (Å²) in [6.45, 7) is 0. The van der Waals surface area contributed by atoms with E-state index in [9.17, 15) is 25.0 Å². The molecule has 1 aliphatic rings. The van der Waals surface area contributed by atoms with Crippen molar-refractivity contribution >= 4 is 68.9 Å². The molecule has 1 aromatic heterocycles. The van der Waals surface area contributed by atoms with Gasteiger partial charge in [-0.1, -0.05) is 35.6 Å². The maximum absolute atomic E-state index is 12.9. The summed E-state index contributed by atoms with van der Waals surface area (Å²) in [5.41, 5.74) is 0.651. The molecule has 1 fully saturated rings. The summed E-state index contributed by atoms with van der Waals surface area (Å²) in [5, 5.41) is 21.9. The molecular weight excluding hydrogens is 478 g/mol. The third-order valence-corrected chi connectivity index (χ3v) is 6.06. The molecule has 1 aliphatic heterocycles. The second-order valence-corrected chi connectivity index (χ2v) is 8.50. The Hall–Kier alpha value is -3.54. The lowest BCUT2D eigenvalue weighted by Crippen LogP contribution is -2.27. The smallest absolute Gasteiger partial charge is 0.270 e. The maximum Gasteiger partial charge on any atom is 0.270 e. The van der Waals surface area contributed by atoms with Crippen LogP contribution in [-0.4, -0.2) is 20.1 Å². The number of rotatable bonds is 5. The fraction of sp³-hybridized carbons (Fsp3) is 0. The van der Waals surface area contributed by atoms with Crippen molar-refractivity contribution < 1.29 is 19.1 Å². The van der Waals surface area contributed by atoms with Gasteiger partial charge in [0.2, 0.25) is 0 Å². The molecule has 9 nitrogen and oxygen atoms in total. The number of carbonyl (C=O) groups excluding carboxylic acids is 1. The Balaban J connectivity index is 1.58. The number of anilines is 1. The van der Waals surface area contributed by atoms with Gasteiger partial charge in [0, 0.05) is 35.9 Å². The van der Waals surface area contributed by atoms with E-state index in [0.29, 0.717) is 27.7 Å². The van der Waals surface area contributed by atoms with Gasteiger partial charge in [0.15, 0.2) is 4.32 Å². The molecule has 2 heterocycles. The topological polar surface area (TPSA) is 120 Å². The first-order valence-corrected chi connectivity index (χ1v) is 10.4. The van der Waals surface area contributed by atoms with Crippen LogP contribution in [0.2, 0.25) is 5.02 Å². The van der Waals surface area contributed by atoms with Crippen molar-refractivity contribution in [3.05, 3.63) is 90.5 Å². The fourth-order valence-electron chi connectivity index (χ4n) is 2.94. The molecular formula is C20H10ClN3O6S2. The Labute approximate surface area is 194 Å². The number of furan rings is 1. The van der Waals surface area contributed by atoms with Crippen LogP contribution in [0.4, 0.5) is 17.1 Å². The molecule has 1 amide bonds. The molecule has 2 aromatic carbocycles. The number of benzene rings is 2. The molecule has 4 rings (SSSR count). The van der Waals surface area contributed by atoms with E-state index in [2.05, 4.69) is 0 Å². The SMILES string of the molecule is O=C1C(=Cc2ccc(-c3ccc([N+](=O)[O-])cc3Cl)o2)SC(=S)N1c1ccc([N+](=O)[O-])cc1. The van der Waals surface area contributed by atoms with Crippen molar-refractivity contribution in [2.75, 3.05) is 4.90 Å². The normalized spacial score (nSPS) is 14.9. The summed E-state index contributed by atoms with van der Waals surface area (Å²) in [6.07, 6.45) is 1.52. The summed E-state index contributed by atoms with van der Waals surface area (Å²) in [4.78, 5) is 35.1. The first-order valence-electron chi connectivity index (χ1n) is 8.81. The van der Waals surface area contributed by atoms with E-state index in [1.165, 1.54) is 53.4 Å². The predicted octanol–water partition coefficient (Wildman–Crippen LogP) is 5.82. The maximum atomic E-state index is 12.9. The van der Waals surface area contributed by atoms with Gasteiger partial charge in [-0.05, 0) is 30.3 Å². The average Bonchev–Trinajstić information content (AvgIpc) is 3.32. The lowest BCUT2D eigenvalue weighted by molar-refractivity contribution is -0.385. The number of hydrogen-bond donors (Lipinski definition) is 0. The van der Waals surface area contributed by atoms with Crippen molar-refractivity contribution in [3.63, 3.8) is 0 Å². The molecule has 0 atom stereocenters. The van der Waals surface area contributed by atoms with Gasteiger partial charge in [0.25, 0.3) is 17.3 Å². The minimum atomic E-state index is -0.545. The molecule has 160 valence electrons. The van der Waals surface area contributed by atoms with Gasteiger partial charge >= 0.3 is 0 Å². The van der Waals surface area contributed by atoms with Gasteiger partial charge in [-0.15, -0.1) is 0 Å². The molecule has 0 saturated carbocycles. The lowest BCUT2D eigenvalue weighted by Gasteiger charge is -2.13. The highest BCUT2D eigenvalue weighted by molar-refractivity contribution is 8.27. The quantitative estimate of drug-likeness (QED) is 0.191. The van der Waals surface area contributed by atoms with Gasteiger partial charge in [-0.3, -0.25) is 29.9 Å². The number of thioether (sulfide) groups is 1. The van der Waals surface area contributed by atoms with E-state index in [1.807, 2.05) is 0 Å². The van der Waals surface area contributed by atoms with Crippen LogP contribution in [0.3, 0.4) is 0 Å². The van der Waals surface area contributed by atoms with Gasteiger partial charge < -0.3 is 4.42 Å². The Bertz CT molecular complexity index is 1320. The second-order valence-electron chi connectivity index (χ2n) is 6.41. The van der Waals surface area contributed by atoms with Crippen molar-refractivity contribution in [3.8, 4) is 11.3 Å². The number of halogens is 1. The number of nitro groups is 2. The van der Waals surface area contributed by atoms with E-state index in [4.69, 9.17) is 28.2 Å². The van der Waals surface area contributed by atoms with E-state index in [1.54, 1.807) is 12.1 Å². The third-order valence-electron chi connectivity index (χ3n) is 4.44. The Morgan fingerprint density at radius 1 is 1.00 bits per heavy atom. The molecule has 0 aliphatic carbocycles. The van der Waals surface area contributed by atoms with Crippen LogP contribution in [0.15, 0.2) is 63.9 Å². The summed E-state index contributed by atoms with van der Waals surface area (Å²) in [7, 11) is 0. The largest absolute Gasteiger partial charge is 0.457 e. The van der Waals surface area contributed by atoms with Crippen molar-refractivity contribution in [1.29, 1.82) is 0 Å². The van der Waals surface area contributed by atoms with Gasteiger partial charge in [0.1, 0.15) is 11.5 Å². The first-order chi connectivity index (χ1) is 15.2. The lowest BCUT2D eigenvalue weighted by atomic mass is 10.1. The Kier molecular flexibility index (Phi) is 5.78. The number of non-ortho nitro benzene ring substituents is 2. The molecule has 0 N–H and O–H groups in total. The molecule has 3 aromatic rings. The van der Waals surface area contributed by atoms with Gasteiger partial charge in [0.05, 0.1) is 25.5 Å². The molecule has 0 radical (unpaired) electrons. The van der Waals surface area contributed by atoms with Crippen LogP contribution in [0.5, 0.6) is 0 Å². The predicted molar refractivity (Wildman–Crippen MR) is 125 cm³/mol. The van der Waals surface area contributed by atoms with Gasteiger partial charge in [-0.2, -0.15) is 0 Å². The number of thiocarbonyl (C=S) groups is 1. The van der Waals surface area contributed by atoms with Crippen LogP contribution in [0.25, 0.3) is 17.4 Å². The number of nitrogens with zero attached hydrogens (tertiary/aromatic N) is 3. The van der Waals surface area contributed by atoms with Crippen molar-refractivity contribution in [2.24, 2.45) is 0 Å². The molecule has 0 spiro atoms. The van der Waals surface area contributed by atoms with Crippen LogP contribution < -0.4 is 4.90 Å². The number of nitro benzene ring substituents is 2. The van der Waals surface area contributed by atoms with Crippen LogP contribution in [0.1, 0.15) is 5.76 Å². The monoisotopic (exact) mass is 487 g/mol. The van der Waals surface area contributed by atoms with Crippen LogP contribution in [0, 0.1) is 20.2 Å². The zero-order valence-electron chi connectivity index (χ0n) is 15.8. The fourth-order valence-corrected chi connectivity index (χ4v) is 4.48. The Morgan fingerprint density at radius 3 is 2.28 bits per heavy atom. The average molecular weight is 488 g/mol. The molecule has 1 saturated heterocycles. The summed E-state index contributed by atoms with van der Waals surface area (Å²) < 4.78 is 6.02. The number of hydrogen-bond acceptors (Lipinski definition) is 8. The second kappa shape index (κ2) is 8.54. The highest BCUT2D eigenvalue weighted by Gasteiger charge is 2.33. The Morgan fingerprint density at radius 2 is 1.66 bits per heavy atom. The van der Waals surface area contributed by atoms with E-state index in [-0.39, 0.29) is 26.6 Å².